The third kappa shape index (κ3) is 8.88. The fraction of sp³-hybridized carbons (Fsp3) is 0.343. The largest absolute Gasteiger partial charge is 0.473 e. The first-order valence-corrected chi connectivity index (χ1v) is 16.4. The number of anilines is 2. The van der Waals surface area contributed by atoms with Gasteiger partial charge in [-0.25, -0.2) is 23.4 Å². The van der Waals surface area contributed by atoms with Crippen molar-refractivity contribution >= 4 is 34.7 Å². The van der Waals surface area contributed by atoms with Crippen molar-refractivity contribution in [2.45, 2.75) is 50.7 Å². The van der Waals surface area contributed by atoms with Crippen molar-refractivity contribution < 1.29 is 28.6 Å². The summed E-state index contributed by atoms with van der Waals surface area (Å²) in [7, 11) is 0. The van der Waals surface area contributed by atoms with Gasteiger partial charge in [-0.1, -0.05) is 36.4 Å². The zero-order chi connectivity index (χ0) is 32.5. The molecule has 0 amide bonds. The van der Waals surface area contributed by atoms with Crippen LogP contribution >= 0.6 is 11.3 Å². The highest BCUT2D eigenvalue weighted by molar-refractivity contribution is 7.07. The normalized spacial score (nSPS) is 16.4. The van der Waals surface area contributed by atoms with Crippen LogP contribution in [0.4, 0.5) is 20.2 Å². The minimum Gasteiger partial charge on any atom is -0.473 e. The summed E-state index contributed by atoms with van der Waals surface area (Å²) >= 11 is 1.65. The fourth-order valence-corrected chi connectivity index (χ4v) is 6.89. The van der Waals surface area contributed by atoms with E-state index in [1.807, 2.05) is 29.8 Å². The molecule has 11 heteroatoms. The Morgan fingerprint density at radius 3 is 2.09 bits per heavy atom. The monoisotopic (exact) mass is 648 g/mol. The molecule has 6 rings (SSSR count). The second kappa shape index (κ2) is 15.8. The predicted octanol–water partition coefficient (Wildman–Crippen LogP) is 7.05. The van der Waals surface area contributed by atoms with Gasteiger partial charge in [-0.3, -0.25) is 0 Å². The summed E-state index contributed by atoms with van der Waals surface area (Å²) in [6.45, 7) is 4.12. The number of fused-ring (bicyclic) bond motifs is 1. The molecule has 4 aromatic rings. The summed E-state index contributed by atoms with van der Waals surface area (Å²) in [5, 5.41) is 20.7. The number of nitrogens with one attached hydrogen (secondary N) is 1. The minimum atomic E-state index is -1.82. The molecule has 3 N–H and O–H groups in total. The van der Waals surface area contributed by atoms with Gasteiger partial charge in [-0.2, -0.15) is 0 Å². The van der Waals surface area contributed by atoms with Crippen LogP contribution in [-0.2, 0) is 16.1 Å². The fourth-order valence-electron chi connectivity index (χ4n) is 6.34. The second-order valence-electron chi connectivity index (χ2n) is 11.7. The Morgan fingerprint density at radius 2 is 1.52 bits per heavy atom. The molecule has 1 aromatic heterocycles. The number of piperidine rings is 1. The number of hydrogen-bond acceptors (Lipinski definition) is 7. The molecule has 1 unspecified atom stereocenters. The Balaban J connectivity index is 0.000000635. The van der Waals surface area contributed by atoms with E-state index in [0.717, 1.165) is 62.3 Å². The first-order chi connectivity index (χ1) is 22.3. The SMILES string of the molecule is Fc1ccc(C(CCCN2CCC(CC3Nc4ccccc4N3Cc3cscn3)CC2)c2ccc(F)cc2)cc1.O=C(O)C(=O)O. The van der Waals surface area contributed by atoms with Crippen LogP contribution in [0.15, 0.2) is 83.7 Å². The van der Waals surface area contributed by atoms with E-state index in [-0.39, 0.29) is 17.6 Å². The number of benzene rings is 3. The van der Waals surface area contributed by atoms with Gasteiger partial charge in [0.05, 0.1) is 35.3 Å². The molecule has 1 saturated heterocycles. The third-order valence-corrected chi connectivity index (χ3v) is 9.32. The van der Waals surface area contributed by atoms with Crippen LogP contribution in [-0.4, -0.2) is 57.8 Å². The van der Waals surface area contributed by atoms with E-state index in [1.165, 1.54) is 48.5 Å². The molecule has 0 saturated carbocycles. The highest BCUT2D eigenvalue weighted by Crippen LogP contribution is 2.38. The Bertz CT molecular complexity index is 1500. The van der Waals surface area contributed by atoms with Crippen LogP contribution in [0, 0.1) is 17.6 Å². The molecule has 0 aliphatic carbocycles. The summed E-state index contributed by atoms with van der Waals surface area (Å²) in [5.74, 6) is -3.28. The zero-order valence-corrected chi connectivity index (χ0v) is 26.2. The van der Waals surface area contributed by atoms with Gasteiger partial charge in [-0.05, 0) is 105 Å². The van der Waals surface area contributed by atoms with E-state index in [2.05, 4.69) is 49.7 Å². The van der Waals surface area contributed by atoms with Gasteiger partial charge >= 0.3 is 11.9 Å². The zero-order valence-electron chi connectivity index (χ0n) is 25.4. The second-order valence-corrected chi connectivity index (χ2v) is 12.4. The number of thiazole rings is 1. The molecule has 1 atom stereocenters. The third-order valence-electron chi connectivity index (χ3n) is 8.69. The number of likely N-dealkylation sites (tertiary alicyclic amines) is 1. The van der Waals surface area contributed by atoms with Crippen molar-refractivity contribution in [3.63, 3.8) is 0 Å². The van der Waals surface area contributed by atoms with Crippen molar-refractivity contribution in [2.24, 2.45) is 5.92 Å². The number of hydrogen-bond donors (Lipinski definition) is 3. The van der Waals surface area contributed by atoms with Crippen LogP contribution in [0.3, 0.4) is 0 Å². The van der Waals surface area contributed by atoms with E-state index in [4.69, 9.17) is 19.8 Å². The number of aliphatic carboxylic acids is 2. The van der Waals surface area contributed by atoms with Crippen LogP contribution in [0.2, 0.25) is 0 Å². The highest BCUT2D eigenvalue weighted by Gasteiger charge is 2.32. The summed E-state index contributed by atoms with van der Waals surface area (Å²) in [6.07, 6.45) is 5.83. The molecule has 0 spiro atoms. The number of rotatable bonds is 10. The smallest absolute Gasteiger partial charge is 0.414 e. The number of nitrogens with zero attached hydrogens (tertiary/aromatic N) is 3. The minimum absolute atomic E-state index is 0.137. The molecule has 2 aliphatic heterocycles. The highest BCUT2D eigenvalue weighted by atomic mass is 32.1. The number of halogens is 2. The summed E-state index contributed by atoms with van der Waals surface area (Å²) in [4.78, 5) is 27.8. The van der Waals surface area contributed by atoms with Crippen LogP contribution in [0.1, 0.15) is 54.8 Å². The van der Waals surface area contributed by atoms with Gasteiger partial charge in [0.25, 0.3) is 0 Å². The number of para-hydroxylation sites is 2. The number of carboxylic acid groups (broad SMARTS) is 2. The molecule has 46 heavy (non-hydrogen) atoms. The van der Waals surface area contributed by atoms with Crippen molar-refractivity contribution in [1.29, 1.82) is 0 Å². The topological polar surface area (TPSA) is 106 Å². The van der Waals surface area contributed by atoms with Crippen molar-refractivity contribution in [1.82, 2.24) is 9.88 Å². The predicted molar refractivity (Wildman–Crippen MR) is 175 cm³/mol. The molecule has 3 aromatic carbocycles. The molecular formula is C35H38F2N4O4S. The Kier molecular flexibility index (Phi) is 11.3. The van der Waals surface area contributed by atoms with E-state index >= 15 is 0 Å². The lowest BCUT2D eigenvalue weighted by Gasteiger charge is -2.35. The van der Waals surface area contributed by atoms with E-state index < -0.39 is 11.9 Å². The van der Waals surface area contributed by atoms with Crippen molar-refractivity contribution in [3.05, 3.63) is 112 Å². The van der Waals surface area contributed by atoms with Gasteiger partial charge < -0.3 is 25.3 Å². The number of carbonyl (C=O) groups is 2. The standard InChI is InChI=1S/C33H36F2N4S.C2H2O4/c34-27-11-7-25(8-12-27)30(26-9-13-28(35)14-10-26)4-3-17-38-18-15-24(16-19-38)20-33-37-31-5-1-2-6-32(31)39(33)21-29-22-40-23-36-29;3-1(4)2(5)6/h1-2,5-14,22-24,30,33,37H,3-4,15-21H2;(H,3,4)(H,5,6). The molecule has 0 bridgehead atoms. The molecule has 0 radical (unpaired) electrons. The maximum atomic E-state index is 13.6. The van der Waals surface area contributed by atoms with Gasteiger partial charge in [-0.15, -0.1) is 11.3 Å². The summed E-state index contributed by atoms with van der Waals surface area (Å²) < 4.78 is 27.1. The van der Waals surface area contributed by atoms with Crippen molar-refractivity contribution in [3.8, 4) is 0 Å². The molecule has 242 valence electrons. The van der Waals surface area contributed by atoms with E-state index in [1.54, 1.807) is 11.3 Å². The molecule has 1 fully saturated rings. The molecular weight excluding hydrogens is 610 g/mol. The molecule has 2 aliphatic rings. The summed E-state index contributed by atoms with van der Waals surface area (Å²) in [6, 6.07) is 22.1. The average Bonchev–Trinajstić information content (AvgIpc) is 3.70. The maximum Gasteiger partial charge on any atom is 0.414 e. The van der Waals surface area contributed by atoms with E-state index in [0.29, 0.717) is 12.1 Å². The molecule has 8 nitrogen and oxygen atoms in total. The number of aromatic nitrogens is 1. The van der Waals surface area contributed by atoms with Gasteiger partial charge in [0.15, 0.2) is 0 Å². The number of carboxylic acids is 2. The quantitative estimate of drug-likeness (QED) is 0.157. The molecule has 3 heterocycles. The van der Waals surface area contributed by atoms with Gasteiger partial charge in [0.1, 0.15) is 11.6 Å². The van der Waals surface area contributed by atoms with Crippen molar-refractivity contribution in [2.75, 3.05) is 29.9 Å². The average molecular weight is 649 g/mol. The lowest BCUT2D eigenvalue weighted by molar-refractivity contribution is -0.159. The Hall–Kier alpha value is -4.35. The van der Waals surface area contributed by atoms with Gasteiger partial charge in [0, 0.05) is 11.3 Å². The van der Waals surface area contributed by atoms with Crippen LogP contribution in [0.5, 0.6) is 0 Å². The van der Waals surface area contributed by atoms with Gasteiger partial charge in [0.2, 0.25) is 0 Å². The van der Waals surface area contributed by atoms with E-state index in [9.17, 15) is 8.78 Å². The Labute approximate surface area is 271 Å². The lowest BCUT2D eigenvalue weighted by atomic mass is 9.87. The maximum absolute atomic E-state index is 13.6. The summed E-state index contributed by atoms with van der Waals surface area (Å²) in [5.41, 5.74) is 7.70. The lowest BCUT2D eigenvalue weighted by Crippen LogP contribution is -2.40. The first-order valence-electron chi connectivity index (χ1n) is 15.5. The first kappa shape index (κ1) is 33.0. The Morgan fingerprint density at radius 1 is 0.913 bits per heavy atom. The van der Waals surface area contributed by atoms with Crippen LogP contribution in [0.25, 0.3) is 0 Å². The van der Waals surface area contributed by atoms with Crippen LogP contribution < -0.4 is 10.2 Å².